The van der Waals surface area contributed by atoms with Crippen LogP contribution >= 0.6 is 0 Å². The molecule has 2 aromatic rings. The quantitative estimate of drug-likeness (QED) is 0.813. The third-order valence-electron chi connectivity index (χ3n) is 5.35. The van der Waals surface area contributed by atoms with E-state index in [1.54, 1.807) is 18.3 Å². The first kappa shape index (κ1) is 14.4. The molecule has 0 radical (unpaired) electrons. The van der Waals surface area contributed by atoms with Gasteiger partial charge in [-0.15, -0.1) is 0 Å². The van der Waals surface area contributed by atoms with Crippen molar-refractivity contribution in [1.82, 2.24) is 14.3 Å². The highest BCUT2D eigenvalue weighted by Crippen LogP contribution is 2.35. The highest BCUT2D eigenvalue weighted by Gasteiger charge is 2.36. The fourth-order valence-corrected chi connectivity index (χ4v) is 4.21. The number of fused-ring (bicyclic) bond motifs is 2. The summed E-state index contributed by atoms with van der Waals surface area (Å²) in [5.41, 5.74) is 0.502. The fourth-order valence-electron chi connectivity index (χ4n) is 4.21. The summed E-state index contributed by atoms with van der Waals surface area (Å²) < 4.78 is 1.45. The number of rotatable bonds is 1. The van der Waals surface area contributed by atoms with Gasteiger partial charge in [-0.05, 0) is 43.7 Å². The first-order valence-corrected chi connectivity index (χ1v) is 8.53. The van der Waals surface area contributed by atoms with E-state index in [1.165, 1.54) is 36.3 Å². The van der Waals surface area contributed by atoms with Crippen LogP contribution in [0.3, 0.4) is 0 Å². The van der Waals surface area contributed by atoms with Crippen LogP contribution in [-0.4, -0.2) is 32.8 Å². The molecule has 4 rings (SSSR count). The molecular formula is C18H21N3O2. The number of nitrogens with zero attached hydrogens (tertiary/aromatic N) is 3. The van der Waals surface area contributed by atoms with E-state index in [9.17, 15) is 9.59 Å². The Balaban J connectivity index is 1.71. The van der Waals surface area contributed by atoms with Crippen LogP contribution in [-0.2, 0) is 0 Å². The summed E-state index contributed by atoms with van der Waals surface area (Å²) >= 11 is 0. The van der Waals surface area contributed by atoms with E-state index in [1.807, 2.05) is 11.0 Å². The second kappa shape index (κ2) is 5.80. The molecule has 1 aliphatic heterocycles. The molecule has 3 heterocycles. The number of amides is 1. The molecule has 0 unspecified atom stereocenters. The molecule has 0 N–H and O–H groups in total. The molecule has 5 heteroatoms. The molecule has 5 nitrogen and oxygen atoms in total. The number of carbonyl (C=O) groups excluding carboxylic acids is 1. The molecule has 0 spiro atoms. The second-order valence-electron chi connectivity index (χ2n) is 6.66. The van der Waals surface area contributed by atoms with E-state index in [4.69, 9.17) is 0 Å². The highest BCUT2D eigenvalue weighted by molar-refractivity contribution is 5.94. The standard InChI is InChI=1S/C18H21N3O2/c22-17(20-11-5-7-13-6-1-2-8-15(13)20)14-12-19-16-9-3-4-10-21(16)18(14)23/h3-4,9-10,12-13,15H,1-2,5-8,11H2/t13-,15-/m1/s1. The largest absolute Gasteiger partial charge is 0.335 e. The maximum atomic E-state index is 13.0. The molecule has 1 aliphatic carbocycles. The van der Waals surface area contributed by atoms with E-state index < -0.39 is 0 Å². The van der Waals surface area contributed by atoms with Crippen molar-refractivity contribution in [3.05, 3.63) is 46.5 Å². The molecule has 2 aliphatic rings. The number of aromatic nitrogens is 2. The number of carbonyl (C=O) groups is 1. The van der Waals surface area contributed by atoms with Gasteiger partial charge in [-0.3, -0.25) is 14.0 Å². The van der Waals surface area contributed by atoms with Gasteiger partial charge in [-0.2, -0.15) is 0 Å². The summed E-state index contributed by atoms with van der Waals surface area (Å²) in [4.78, 5) is 31.9. The number of piperidine rings is 1. The Morgan fingerprint density at radius 1 is 1.13 bits per heavy atom. The summed E-state index contributed by atoms with van der Waals surface area (Å²) in [6.07, 6.45) is 10.1. The highest BCUT2D eigenvalue weighted by atomic mass is 16.2. The van der Waals surface area contributed by atoms with Gasteiger partial charge in [-0.1, -0.05) is 18.9 Å². The molecule has 2 aromatic heterocycles. The minimum absolute atomic E-state index is 0.141. The normalized spacial score (nSPS) is 24.4. The lowest BCUT2D eigenvalue weighted by molar-refractivity contribution is 0.0388. The van der Waals surface area contributed by atoms with E-state index in [-0.39, 0.29) is 17.0 Å². The van der Waals surface area contributed by atoms with Crippen molar-refractivity contribution in [3.8, 4) is 0 Å². The summed E-state index contributed by atoms with van der Waals surface area (Å²) in [5.74, 6) is 0.468. The molecular weight excluding hydrogens is 290 g/mol. The van der Waals surface area contributed by atoms with Crippen molar-refractivity contribution in [2.45, 2.75) is 44.6 Å². The van der Waals surface area contributed by atoms with Crippen LogP contribution in [0.1, 0.15) is 48.9 Å². The average molecular weight is 311 g/mol. The molecule has 0 aromatic carbocycles. The van der Waals surface area contributed by atoms with Crippen molar-refractivity contribution in [3.63, 3.8) is 0 Å². The van der Waals surface area contributed by atoms with Crippen LogP contribution in [0.4, 0.5) is 0 Å². The van der Waals surface area contributed by atoms with Gasteiger partial charge in [0.25, 0.3) is 11.5 Å². The van der Waals surface area contributed by atoms with Crippen molar-refractivity contribution in [1.29, 1.82) is 0 Å². The van der Waals surface area contributed by atoms with Gasteiger partial charge in [0, 0.05) is 25.0 Å². The Bertz CT molecular complexity index is 796. The third kappa shape index (κ3) is 2.44. The molecule has 120 valence electrons. The Morgan fingerprint density at radius 2 is 1.96 bits per heavy atom. The summed E-state index contributed by atoms with van der Waals surface area (Å²) in [6, 6.07) is 5.69. The number of hydrogen-bond donors (Lipinski definition) is 0. The van der Waals surface area contributed by atoms with Crippen LogP contribution < -0.4 is 5.56 Å². The lowest BCUT2D eigenvalue weighted by Crippen LogP contribution is -2.50. The van der Waals surface area contributed by atoms with Crippen LogP contribution in [0.15, 0.2) is 35.4 Å². The van der Waals surface area contributed by atoms with Gasteiger partial charge in [0.2, 0.25) is 0 Å². The third-order valence-corrected chi connectivity index (χ3v) is 5.35. The van der Waals surface area contributed by atoms with Crippen molar-refractivity contribution >= 4 is 11.6 Å². The van der Waals surface area contributed by atoms with Crippen molar-refractivity contribution in [2.24, 2.45) is 5.92 Å². The summed E-state index contributed by atoms with van der Waals surface area (Å²) in [7, 11) is 0. The molecule has 2 fully saturated rings. The van der Waals surface area contributed by atoms with Crippen LogP contribution in [0.25, 0.3) is 5.65 Å². The smallest absolute Gasteiger partial charge is 0.270 e. The molecule has 0 bridgehead atoms. The SMILES string of the molecule is O=C(c1cnc2ccccn2c1=O)N1CCC[C@H]2CCCC[C@H]21. The average Bonchev–Trinajstić information content (AvgIpc) is 2.61. The zero-order valence-corrected chi connectivity index (χ0v) is 13.1. The summed E-state index contributed by atoms with van der Waals surface area (Å²) in [5, 5.41) is 0. The predicted molar refractivity (Wildman–Crippen MR) is 87.5 cm³/mol. The lowest BCUT2D eigenvalue weighted by Gasteiger charge is -2.44. The van der Waals surface area contributed by atoms with Gasteiger partial charge < -0.3 is 4.90 Å². The van der Waals surface area contributed by atoms with Crippen molar-refractivity contribution < 1.29 is 4.79 Å². The molecule has 23 heavy (non-hydrogen) atoms. The Kier molecular flexibility index (Phi) is 3.63. The zero-order valence-electron chi connectivity index (χ0n) is 13.1. The molecule has 1 amide bonds. The number of likely N-dealkylation sites (tertiary alicyclic amines) is 1. The first-order chi connectivity index (χ1) is 11.3. The first-order valence-electron chi connectivity index (χ1n) is 8.53. The minimum Gasteiger partial charge on any atom is -0.335 e. The Morgan fingerprint density at radius 3 is 2.87 bits per heavy atom. The second-order valence-corrected chi connectivity index (χ2v) is 6.66. The van der Waals surface area contributed by atoms with E-state index in [0.29, 0.717) is 17.6 Å². The van der Waals surface area contributed by atoms with Crippen LogP contribution in [0, 0.1) is 5.92 Å². The molecule has 1 saturated carbocycles. The summed E-state index contributed by atoms with van der Waals surface area (Å²) in [6.45, 7) is 0.761. The van der Waals surface area contributed by atoms with E-state index in [2.05, 4.69) is 4.98 Å². The Hall–Kier alpha value is -2.17. The monoisotopic (exact) mass is 311 g/mol. The van der Waals surface area contributed by atoms with Crippen LogP contribution in [0.2, 0.25) is 0 Å². The maximum Gasteiger partial charge on any atom is 0.270 e. The maximum absolute atomic E-state index is 13.0. The zero-order chi connectivity index (χ0) is 15.8. The topological polar surface area (TPSA) is 54.7 Å². The number of pyridine rings is 1. The molecule has 2 atom stereocenters. The predicted octanol–water partition coefficient (Wildman–Crippen LogP) is 2.49. The minimum atomic E-state index is -0.265. The van der Waals surface area contributed by atoms with E-state index >= 15 is 0 Å². The van der Waals surface area contributed by atoms with Gasteiger partial charge in [-0.25, -0.2) is 4.98 Å². The van der Waals surface area contributed by atoms with Crippen LogP contribution in [0.5, 0.6) is 0 Å². The molecule has 1 saturated heterocycles. The number of hydrogen-bond acceptors (Lipinski definition) is 3. The van der Waals surface area contributed by atoms with Gasteiger partial charge in [0.15, 0.2) is 0 Å². The van der Waals surface area contributed by atoms with Gasteiger partial charge >= 0.3 is 0 Å². The van der Waals surface area contributed by atoms with Crippen molar-refractivity contribution in [2.75, 3.05) is 6.54 Å². The van der Waals surface area contributed by atoms with Gasteiger partial charge in [0.1, 0.15) is 11.2 Å². The van der Waals surface area contributed by atoms with E-state index in [0.717, 1.165) is 19.4 Å². The fraction of sp³-hybridized carbons (Fsp3) is 0.500. The lowest BCUT2D eigenvalue weighted by atomic mass is 9.78. The Labute approximate surface area is 135 Å². The van der Waals surface area contributed by atoms with Gasteiger partial charge in [0.05, 0.1) is 0 Å².